The van der Waals surface area contributed by atoms with Crippen LogP contribution in [0.1, 0.15) is 163 Å². The molecular formula is C68H74Cl2N6O10. The van der Waals surface area contributed by atoms with Gasteiger partial charge in [0, 0.05) is 88.1 Å². The number of amides is 6. The van der Waals surface area contributed by atoms with E-state index in [1.165, 1.54) is 0 Å². The van der Waals surface area contributed by atoms with E-state index < -0.39 is 23.6 Å². The number of ether oxygens (including phenoxy) is 2. The third-order valence-electron chi connectivity index (χ3n) is 15.2. The van der Waals surface area contributed by atoms with Crippen molar-refractivity contribution in [3.05, 3.63) is 210 Å². The van der Waals surface area contributed by atoms with Gasteiger partial charge >= 0.3 is 11.9 Å². The second-order valence-corrected chi connectivity index (χ2v) is 22.6. The van der Waals surface area contributed by atoms with Crippen LogP contribution < -0.4 is 21.3 Å². The molecule has 0 aromatic heterocycles. The summed E-state index contributed by atoms with van der Waals surface area (Å²) in [4.78, 5) is 111. The van der Waals surface area contributed by atoms with Crippen LogP contribution in [0, 0.1) is 0 Å². The molecule has 6 amide bonds. The van der Waals surface area contributed by atoms with Crippen LogP contribution in [0.25, 0.3) is 0 Å². The van der Waals surface area contributed by atoms with Crippen molar-refractivity contribution in [3.8, 4) is 0 Å². The molecular weight excluding hydrogens is 1130 g/mol. The van der Waals surface area contributed by atoms with Crippen molar-refractivity contribution in [1.82, 2.24) is 31.1 Å². The number of esters is 2. The van der Waals surface area contributed by atoms with Crippen molar-refractivity contribution in [2.75, 3.05) is 26.2 Å². The highest BCUT2D eigenvalue weighted by molar-refractivity contribution is 6.30. The summed E-state index contributed by atoms with van der Waals surface area (Å²) >= 11 is 12.1. The van der Waals surface area contributed by atoms with Gasteiger partial charge < -0.3 is 40.5 Å². The highest BCUT2D eigenvalue weighted by Crippen LogP contribution is 2.30. The molecule has 6 aromatic rings. The summed E-state index contributed by atoms with van der Waals surface area (Å²) in [5, 5.41) is 13.0. The molecule has 0 saturated carbocycles. The lowest BCUT2D eigenvalue weighted by Crippen LogP contribution is -2.31. The van der Waals surface area contributed by atoms with E-state index in [4.69, 9.17) is 32.7 Å². The Morgan fingerprint density at radius 3 is 1.01 bits per heavy atom. The molecule has 450 valence electrons. The number of hydrogen-bond donors (Lipinski definition) is 4. The van der Waals surface area contributed by atoms with Gasteiger partial charge in [-0.15, -0.1) is 0 Å². The van der Waals surface area contributed by atoms with Crippen molar-refractivity contribution >= 4 is 70.6 Å². The summed E-state index contributed by atoms with van der Waals surface area (Å²) in [6.07, 6.45) is 6.86. The standard InChI is InChI=1S/C68H74Cl2N6O10/c69-55-27-23-47(24-28-55)31-35-73-67(83)59-39-53-43-75(41-51(53)37-57(59)65(81)71-33-13-11-21-63(79)85-45-49-15-5-3-6-16-49)61(77)19-9-1-2-10-20-62(78)76-42-52-38-58(66(82)72-34-14-12-22-64(80)86-46-50-17-7-4-8-18-50)60(40-54(52)44-76)68(84)74-36-32-48-25-29-56(70)30-26-48/h3-8,15-18,23-30,37-40H,1-2,9-14,19-22,31-36,41-46H2,(H,71,81)(H,72,82)(H,73,83)(H,74,84). The Morgan fingerprint density at radius 1 is 0.360 bits per heavy atom. The predicted octanol–water partition coefficient (Wildman–Crippen LogP) is 11.0. The maximum atomic E-state index is 13.8. The Hall–Kier alpha value is -8.34. The first-order valence-corrected chi connectivity index (χ1v) is 30.4. The van der Waals surface area contributed by atoms with Gasteiger partial charge in [0.2, 0.25) is 11.8 Å². The molecule has 8 rings (SSSR count). The second kappa shape index (κ2) is 32.8. The molecule has 6 aromatic carbocycles. The van der Waals surface area contributed by atoms with Gasteiger partial charge in [-0.3, -0.25) is 38.4 Å². The van der Waals surface area contributed by atoms with E-state index >= 15 is 0 Å². The van der Waals surface area contributed by atoms with E-state index in [1.807, 2.05) is 84.9 Å². The van der Waals surface area contributed by atoms with E-state index in [0.29, 0.717) is 114 Å². The molecule has 0 saturated heterocycles. The molecule has 0 spiro atoms. The van der Waals surface area contributed by atoms with Crippen LogP contribution in [-0.2, 0) is 80.9 Å². The first kappa shape index (κ1) is 63.7. The minimum atomic E-state index is -0.425. The summed E-state index contributed by atoms with van der Waals surface area (Å²) in [6.45, 7) is 2.79. The minimum absolute atomic E-state index is 0.0474. The zero-order chi connectivity index (χ0) is 60.6. The third kappa shape index (κ3) is 19.6. The van der Waals surface area contributed by atoms with Gasteiger partial charge in [0.25, 0.3) is 23.6 Å². The molecule has 0 radical (unpaired) electrons. The average molecular weight is 1210 g/mol. The number of benzene rings is 6. The first-order chi connectivity index (χ1) is 41.8. The molecule has 0 bridgehead atoms. The topological polar surface area (TPSA) is 210 Å². The molecule has 2 aliphatic rings. The number of hydrogen-bond acceptors (Lipinski definition) is 10. The van der Waals surface area contributed by atoms with Crippen molar-refractivity contribution in [3.63, 3.8) is 0 Å². The fourth-order valence-electron chi connectivity index (χ4n) is 10.4. The Bertz CT molecular complexity index is 3110. The molecule has 2 aliphatic heterocycles. The number of unbranched alkanes of at least 4 members (excludes halogenated alkanes) is 5. The molecule has 0 atom stereocenters. The normalized spacial score (nSPS) is 12.2. The molecule has 18 heteroatoms. The van der Waals surface area contributed by atoms with Crippen molar-refractivity contribution < 1.29 is 47.8 Å². The van der Waals surface area contributed by atoms with Gasteiger partial charge in [-0.25, -0.2) is 0 Å². The Balaban J connectivity index is 0.788. The minimum Gasteiger partial charge on any atom is -0.461 e. The third-order valence-corrected chi connectivity index (χ3v) is 15.7. The van der Waals surface area contributed by atoms with Crippen LogP contribution >= 0.6 is 23.2 Å². The quantitative estimate of drug-likeness (QED) is 0.0239. The van der Waals surface area contributed by atoms with Crippen LogP contribution in [0.15, 0.2) is 133 Å². The monoisotopic (exact) mass is 1200 g/mol. The number of rotatable bonds is 31. The second-order valence-electron chi connectivity index (χ2n) is 21.7. The molecule has 4 N–H and O–H groups in total. The van der Waals surface area contributed by atoms with Gasteiger partial charge in [-0.05, 0) is 144 Å². The van der Waals surface area contributed by atoms with Crippen LogP contribution in [0.4, 0.5) is 0 Å². The SMILES string of the molecule is O=C(CCCCNC(=O)c1cc2c(cc1C(=O)NCCc1ccc(Cl)cc1)CN(C(=O)CCCCCCC(=O)N1Cc3cc(C(=O)NCCCCC(=O)OCc4ccccc4)c(C(=O)NCCc4ccc(Cl)cc4)cc3C1)C2)OCc1ccccc1. The van der Waals surface area contributed by atoms with Gasteiger partial charge in [0.05, 0.1) is 22.3 Å². The highest BCUT2D eigenvalue weighted by Gasteiger charge is 2.30. The van der Waals surface area contributed by atoms with Gasteiger partial charge in [-0.1, -0.05) is 121 Å². The predicted molar refractivity (Wildman–Crippen MR) is 329 cm³/mol. The first-order valence-electron chi connectivity index (χ1n) is 29.6. The van der Waals surface area contributed by atoms with Crippen molar-refractivity contribution in [2.24, 2.45) is 0 Å². The Labute approximate surface area is 512 Å². The number of carbonyl (C=O) groups excluding carboxylic acids is 8. The molecule has 0 fully saturated rings. The summed E-state index contributed by atoms with van der Waals surface area (Å²) in [6, 6.07) is 40.4. The van der Waals surface area contributed by atoms with E-state index in [9.17, 15) is 38.4 Å². The fraction of sp³-hybridized carbons (Fsp3) is 0.353. The maximum absolute atomic E-state index is 13.8. The van der Waals surface area contributed by atoms with Crippen molar-refractivity contribution in [2.45, 2.75) is 129 Å². The molecule has 16 nitrogen and oxygen atoms in total. The van der Waals surface area contributed by atoms with E-state index in [1.54, 1.807) is 58.3 Å². The van der Waals surface area contributed by atoms with Gasteiger partial charge in [0.1, 0.15) is 13.2 Å². The Morgan fingerprint density at radius 2 is 0.674 bits per heavy atom. The average Bonchev–Trinajstić information content (AvgIpc) is 2.20. The zero-order valence-corrected chi connectivity index (χ0v) is 49.9. The molecule has 86 heavy (non-hydrogen) atoms. The highest BCUT2D eigenvalue weighted by atomic mass is 35.5. The fourth-order valence-corrected chi connectivity index (χ4v) is 10.6. The lowest BCUT2D eigenvalue weighted by atomic mass is 9.98. The summed E-state index contributed by atoms with van der Waals surface area (Å²) in [7, 11) is 0. The van der Waals surface area contributed by atoms with E-state index in [2.05, 4.69) is 21.3 Å². The maximum Gasteiger partial charge on any atom is 0.306 e. The molecule has 0 aliphatic carbocycles. The number of halogens is 2. The number of carbonyl (C=O) groups is 8. The van der Waals surface area contributed by atoms with E-state index in [0.717, 1.165) is 57.3 Å². The Kier molecular flexibility index (Phi) is 24.3. The number of nitrogens with zero attached hydrogens (tertiary/aromatic N) is 2. The van der Waals surface area contributed by atoms with Crippen LogP contribution in [0.2, 0.25) is 10.0 Å². The van der Waals surface area contributed by atoms with Gasteiger partial charge in [0.15, 0.2) is 0 Å². The lowest BCUT2D eigenvalue weighted by Gasteiger charge is -2.16. The van der Waals surface area contributed by atoms with Gasteiger partial charge in [-0.2, -0.15) is 0 Å². The van der Waals surface area contributed by atoms with Crippen LogP contribution in [-0.4, -0.2) is 83.4 Å². The van der Waals surface area contributed by atoms with Crippen LogP contribution in [0.3, 0.4) is 0 Å². The summed E-state index contributed by atoms with van der Waals surface area (Å²) in [5.41, 5.74) is 7.79. The summed E-state index contributed by atoms with van der Waals surface area (Å²) in [5.74, 6) is -2.40. The van der Waals surface area contributed by atoms with E-state index in [-0.39, 0.29) is 85.2 Å². The molecule has 0 unspecified atom stereocenters. The number of fused-ring (bicyclic) bond motifs is 2. The smallest absolute Gasteiger partial charge is 0.306 e. The largest absolute Gasteiger partial charge is 0.461 e. The van der Waals surface area contributed by atoms with Crippen LogP contribution in [0.5, 0.6) is 0 Å². The zero-order valence-electron chi connectivity index (χ0n) is 48.4. The number of nitrogens with one attached hydrogen (secondary N) is 4. The van der Waals surface area contributed by atoms with Crippen molar-refractivity contribution in [1.29, 1.82) is 0 Å². The summed E-state index contributed by atoms with van der Waals surface area (Å²) < 4.78 is 10.8. The molecule has 2 heterocycles. The lowest BCUT2D eigenvalue weighted by molar-refractivity contribution is -0.146.